The maximum absolute atomic E-state index is 6.56. The Bertz CT molecular complexity index is 8480. The van der Waals surface area contributed by atoms with Crippen LogP contribution in [0.25, 0.3) is 189 Å². The van der Waals surface area contributed by atoms with Crippen molar-refractivity contribution in [2.24, 2.45) is 0 Å². The van der Waals surface area contributed by atoms with Crippen molar-refractivity contribution in [3.8, 4) is 145 Å². The molecule has 1 saturated carbocycles. The molecule has 4 aliphatic carbocycles. The summed E-state index contributed by atoms with van der Waals surface area (Å²) in [6.45, 7) is 9.61. The Morgan fingerprint density at radius 3 is 0.723 bits per heavy atom. The highest BCUT2D eigenvalue weighted by atomic mass is 16.3. The predicted octanol–water partition coefficient (Wildman–Crippen LogP) is 38.2. The molecule has 670 valence electrons. The van der Waals surface area contributed by atoms with E-state index < -0.39 is 0 Å². The Morgan fingerprint density at radius 1 is 0.170 bits per heavy atom. The monoisotopic (exact) mass is 1800 g/mol. The quantitative estimate of drug-likeness (QED) is 0.0965. The van der Waals surface area contributed by atoms with Gasteiger partial charge in [0.05, 0.1) is 0 Å². The molecular weight excluding hydrogens is 1710 g/mol. The number of nitrogens with zero attached hydrogens (tertiary/aromatic N) is 2. The average Bonchev–Trinajstić information content (AvgIpc) is 1.56. The van der Waals surface area contributed by atoms with E-state index in [0.29, 0.717) is 0 Å². The third-order valence-electron chi connectivity index (χ3n) is 31.0. The van der Waals surface area contributed by atoms with E-state index >= 15 is 0 Å². The zero-order chi connectivity index (χ0) is 94.0. The maximum Gasteiger partial charge on any atom is 0.143 e. The molecule has 1 spiro atoms. The highest BCUT2D eigenvalue weighted by Gasteiger charge is 2.47. The van der Waals surface area contributed by atoms with Gasteiger partial charge in [0.2, 0.25) is 0 Å². The van der Waals surface area contributed by atoms with Crippen molar-refractivity contribution < 1.29 is 8.83 Å². The molecule has 0 amide bonds. The lowest BCUT2D eigenvalue weighted by atomic mass is 9.76. The summed E-state index contributed by atoms with van der Waals surface area (Å²) in [5, 5.41) is 4.64. The maximum atomic E-state index is 6.56. The molecule has 141 heavy (non-hydrogen) atoms. The molecule has 21 aromatic carbocycles. The molecule has 0 atom stereocenters. The van der Waals surface area contributed by atoms with E-state index in [-0.39, 0.29) is 16.2 Å². The molecule has 1 fully saturated rings. The Morgan fingerprint density at radius 2 is 0.397 bits per heavy atom. The van der Waals surface area contributed by atoms with E-state index in [0.717, 1.165) is 90.9 Å². The summed E-state index contributed by atoms with van der Waals surface area (Å²) in [6.07, 6.45) is 4.73. The van der Waals surface area contributed by atoms with Gasteiger partial charge in [0.15, 0.2) is 0 Å². The molecule has 0 N–H and O–H groups in total. The zero-order valence-electron chi connectivity index (χ0n) is 79.2. The molecular formula is C137H100N2O2. The topological polar surface area (TPSA) is 32.8 Å². The zero-order valence-corrected chi connectivity index (χ0v) is 79.2. The molecule has 0 radical (unpaired) electrons. The van der Waals surface area contributed by atoms with Crippen molar-refractivity contribution in [1.29, 1.82) is 0 Å². The number of furan rings is 2. The van der Waals surface area contributed by atoms with Crippen LogP contribution in [-0.2, 0) is 16.2 Å². The van der Waals surface area contributed by atoms with Gasteiger partial charge in [0, 0.05) is 83.0 Å². The van der Waals surface area contributed by atoms with Crippen molar-refractivity contribution in [2.45, 2.75) is 69.6 Å². The van der Waals surface area contributed by atoms with E-state index in [4.69, 9.17) is 8.83 Å². The van der Waals surface area contributed by atoms with Gasteiger partial charge in [0.1, 0.15) is 22.3 Å². The molecule has 4 heteroatoms. The van der Waals surface area contributed by atoms with Crippen LogP contribution in [-0.4, -0.2) is 0 Å². The van der Waals surface area contributed by atoms with E-state index in [2.05, 4.69) is 517 Å². The largest absolute Gasteiger partial charge is 0.455 e. The number of rotatable bonds is 16. The standard InChI is InChI=1S/C72H53NO.C65H47NO/c1-71(2)65-42-54(58-19-13-20-62-61-18-11-12-21-69(61)74-70(58)62)34-40-59(65)63-44-68-64(45-67(63)71)60-41-39-57(43-66(60)72(68,3)4)73(55-35-30-52(31-36-55)50-26-22-48(23-27-50)46-14-7-5-8-15-46)56-37-32-53(33-38-56)51-28-24-49(25-29-51)47-16-9-6-10-17-47;1-3-12-44(13-4-1)46-20-24-48(25-21-46)50-28-33-53(34-29-50)66(54-35-30-51(31-36-54)49-26-22-47(23-27-49)45-14-5-2-6-15-45)55-37-39-58-57-38-32-52(42-61(57)65(62(58)43-55)40-9-10-41-65)56-17-11-18-60-59-16-7-8-19-63(59)67-64(56)60/h5-45H,1-4H3;1-8,11-39,42-43H,9-10,40-41H2. The second-order valence-corrected chi connectivity index (χ2v) is 39.7. The molecule has 0 saturated heterocycles. The lowest BCUT2D eigenvalue weighted by Crippen LogP contribution is -2.21. The van der Waals surface area contributed by atoms with Crippen LogP contribution in [0.4, 0.5) is 34.1 Å². The lowest BCUT2D eigenvalue weighted by Gasteiger charge is -2.30. The first kappa shape index (κ1) is 84.3. The summed E-state index contributed by atoms with van der Waals surface area (Å²) in [5.41, 5.74) is 50.5. The first-order valence-corrected chi connectivity index (χ1v) is 49.6. The van der Waals surface area contributed by atoms with Crippen LogP contribution in [0.3, 0.4) is 0 Å². The van der Waals surface area contributed by atoms with Gasteiger partial charge in [-0.3, -0.25) is 0 Å². The third kappa shape index (κ3) is 14.7. The van der Waals surface area contributed by atoms with E-state index in [1.54, 1.807) is 0 Å². The second-order valence-electron chi connectivity index (χ2n) is 39.7. The first-order valence-electron chi connectivity index (χ1n) is 49.6. The van der Waals surface area contributed by atoms with Gasteiger partial charge in [0.25, 0.3) is 0 Å². The predicted molar refractivity (Wildman–Crippen MR) is 591 cm³/mol. The fourth-order valence-electron chi connectivity index (χ4n) is 23.6. The number of fused-ring (bicyclic) bond motifs is 17. The number of hydrogen-bond acceptors (Lipinski definition) is 4. The summed E-state index contributed by atoms with van der Waals surface area (Å²) < 4.78 is 13.1. The molecule has 0 unspecified atom stereocenters. The van der Waals surface area contributed by atoms with Crippen molar-refractivity contribution in [3.05, 3.63) is 519 Å². The van der Waals surface area contributed by atoms with Crippen LogP contribution < -0.4 is 9.80 Å². The van der Waals surface area contributed by atoms with Gasteiger partial charge < -0.3 is 18.6 Å². The van der Waals surface area contributed by atoms with Crippen molar-refractivity contribution >= 4 is 78.0 Å². The van der Waals surface area contributed by atoms with Crippen LogP contribution in [0, 0.1) is 0 Å². The summed E-state index contributed by atoms with van der Waals surface area (Å²) in [6, 6.07) is 178. The van der Waals surface area contributed by atoms with E-state index in [1.165, 1.54) is 191 Å². The van der Waals surface area contributed by atoms with Crippen LogP contribution in [0.2, 0.25) is 0 Å². The summed E-state index contributed by atoms with van der Waals surface area (Å²) >= 11 is 0. The second kappa shape index (κ2) is 34.2. The number of hydrogen-bond donors (Lipinski definition) is 0. The molecule has 23 aromatic rings. The van der Waals surface area contributed by atoms with Gasteiger partial charge in [-0.05, 0) is 289 Å². The molecule has 4 nitrogen and oxygen atoms in total. The van der Waals surface area contributed by atoms with Gasteiger partial charge in [-0.25, -0.2) is 0 Å². The third-order valence-corrected chi connectivity index (χ3v) is 31.0. The smallest absolute Gasteiger partial charge is 0.143 e. The minimum absolute atomic E-state index is 0.0460. The molecule has 0 aliphatic heterocycles. The molecule has 4 aliphatic rings. The Kier molecular flexibility index (Phi) is 20.5. The van der Waals surface area contributed by atoms with E-state index in [1.807, 2.05) is 6.07 Å². The fourth-order valence-corrected chi connectivity index (χ4v) is 23.6. The number of benzene rings is 21. The van der Waals surface area contributed by atoms with Crippen molar-refractivity contribution in [2.75, 3.05) is 9.80 Å². The molecule has 0 bridgehead atoms. The van der Waals surface area contributed by atoms with Crippen LogP contribution in [0.1, 0.15) is 86.8 Å². The first-order chi connectivity index (χ1) is 69.3. The van der Waals surface area contributed by atoms with Gasteiger partial charge in [-0.15, -0.1) is 0 Å². The Labute approximate surface area is 823 Å². The summed E-state index contributed by atoms with van der Waals surface area (Å²) in [4.78, 5) is 4.87. The minimum Gasteiger partial charge on any atom is -0.455 e. The molecule has 27 rings (SSSR count). The number of para-hydroxylation sites is 4. The van der Waals surface area contributed by atoms with E-state index in [9.17, 15) is 0 Å². The van der Waals surface area contributed by atoms with Gasteiger partial charge >= 0.3 is 0 Å². The SMILES string of the molecule is CC1(C)c2cc(-c3cccc4c3oc3ccccc34)ccc2-c2cc3c(cc21)-c1ccc(N(c2ccc(-c4ccc(-c5ccccc5)cc4)cc2)c2ccc(-c4ccc(-c5ccccc5)cc4)cc2)cc1C3(C)C.c1ccc(-c2ccc(-c3ccc(N(c4ccc(-c5ccc(-c6ccccc6)cc5)cc4)c4ccc5c(c4)C4(CCCC4)c4cc(-c6cccc7c6oc6ccccc67)ccc4-5)cc3)cc2)cc1. The minimum atomic E-state index is -0.239. The van der Waals surface area contributed by atoms with Crippen LogP contribution in [0.15, 0.2) is 494 Å². The van der Waals surface area contributed by atoms with Crippen molar-refractivity contribution in [1.82, 2.24) is 0 Å². The summed E-state index contributed by atoms with van der Waals surface area (Å²) in [7, 11) is 0. The highest BCUT2D eigenvalue weighted by Crippen LogP contribution is 2.61. The Hall–Kier alpha value is -17.2. The van der Waals surface area contributed by atoms with Gasteiger partial charge in [-0.2, -0.15) is 0 Å². The summed E-state index contributed by atoms with van der Waals surface area (Å²) in [5.74, 6) is 0. The normalized spacial score (nSPS) is 13.6. The van der Waals surface area contributed by atoms with Gasteiger partial charge in [-0.1, -0.05) is 417 Å². The highest BCUT2D eigenvalue weighted by molar-refractivity contribution is 6.11. The lowest BCUT2D eigenvalue weighted by molar-refractivity contribution is 0.550. The molecule has 2 heterocycles. The fraction of sp³-hybridized carbons (Fsp3) is 0.0803. The van der Waals surface area contributed by atoms with Crippen molar-refractivity contribution in [3.63, 3.8) is 0 Å². The average molecular weight is 1810 g/mol. The Balaban J connectivity index is 0.000000145. The van der Waals surface area contributed by atoms with Crippen LogP contribution >= 0.6 is 0 Å². The van der Waals surface area contributed by atoms with Crippen LogP contribution in [0.5, 0.6) is 0 Å². The number of anilines is 6. The molecule has 2 aromatic heterocycles.